The maximum Gasteiger partial charge on any atom is 0.157 e. The minimum atomic E-state index is -0.394. The molecule has 0 N–H and O–H groups in total. The van der Waals surface area contributed by atoms with Crippen LogP contribution >= 0.6 is 11.8 Å². The molecular formula is C21H19NOS. The third-order valence-corrected chi connectivity index (χ3v) is 6.01. The third-order valence-electron chi connectivity index (χ3n) is 4.68. The van der Waals surface area contributed by atoms with Crippen LogP contribution in [0.5, 0.6) is 0 Å². The number of fused-ring (bicyclic) bond motifs is 2. The highest BCUT2D eigenvalue weighted by molar-refractivity contribution is 8.14. The molecule has 2 aromatic rings. The number of aliphatic imine (C=N–C) groups is 1. The molecule has 0 saturated carbocycles. The molecule has 1 aliphatic heterocycles. The Bertz CT molecular complexity index is 853. The monoisotopic (exact) mass is 333 g/mol. The van der Waals surface area contributed by atoms with E-state index in [1.165, 1.54) is 5.56 Å². The van der Waals surface area contributed by atoms with Gasteiger partial charge in [0.1, 0.15) is 0 Å². The van der Waals surface area contributed by atoms with Crippen LogP contribution in [0.3, 0.4) is 0 Å². The van der Waals surface area contributed by atoms with Crippen molar-refractivity contribution in [2.45, 2.75) is 25.2 Å². The van der Waals surface area contributed by atoms with Gasteiger partial charge in [-0.3, -0.25) is 4.79 Å². The van der Waals surface area contributed by atoms with E-state index >= 15 is 0 Å². The van der Waals surface area contributed by atoms with Gasteiger partial charge in [0.25, 0.3) is 0 Å². The Morgan fingerprint density at radius 1 is 1.08 bits per heavy atom. The molecule has 3 heteroatoms. The van der Waals surface area contributed by atoms with Crippen LogP contribution in [-0.2, 0) is 10.2 Å². The molecular weight excluding hydrogens is 314 g/mol. The quantitative estimate of drug-likeness (QED) is 0.775. The van der Waals surface area contributed by atoms with Gasteiger partial charge in [-0.15, -0.1) is 11.8 Å². The van der Waals surface area contributed by atoms with Gasteiger partial charge in [0.05, 0.1) is 16.1 Å². The van der Waals surface area contributed by atoms with Gasteiger partial charge in [-0.25, -0.2) is 4.99 Å². The summed E-state index contributed by atoms with van der Waals surface area (Å²) in [5, 5.41) is 1.08. The van der Waals surface area contributed by atoms with Crippen LogP contribution in [0, 0.1) is 0 Å². The Labute approximate surface area is 146 Å². The van der Waals surface area contributed by atoms with Crippen LogP contribution in [0.2, 0.25) is 0 Å². The lowest BCUT2D eigenvalue weighted by atomic mass is 9.74. The van der Waals surface area contributed by atoms with E-state index in [2.05, 4.69) is 37.3 Å². The van der Waals surface area contributed by atoms with Crippen LogP contribution in [0.4, 0.5) is 5.69 Å². The summed E-state index contributed by atoms with van der Waals surface area (Å²) in [6.45, 7) is 2.18. The summed E-state index contributed by atoms with van der Waals surface area (Å²) >= 11 is 1.79. The van der Waals surface area contributed by atoms with Gasteiger partial charge in [-0.05, 0) is 41.0 Å². The lowest BCUT2D eigenvalue weighted by Crippen LogP contribution is -2.31. The van der Waals surface area contributed by atoms with Crippen molar-refractivity contribution >= 4 is 33.8 Å². The number of rotatable bonds is 3. The average Bonchev–Trinajstić information content (AvgIpc) is 3.13. The number of para-hydroxylation sites is 1. The first-order valence-corrected chi connectivity index (χ1v) is 9.36. The molecule has 0 radical (unpaired) electrons. The number of carbonyl (C=O) groups is 1. The van der Waals surface area contributed by atoms with Crippen molar-refractivity contribution in [3.8, 4) is 0 Å². The predicted octanol–water partition coefficient (Wildman–Crippen LogP) is 5.17. The smallest absolute Gasteiger partial charge is 0.157 e. The van der Waals surface area contributed by atoms with E-state index in [1.807, 2.05) is 30.3 Å². The van der Waals surface area contributed by atoms with E-state index in [4.69, 9.17) is 4.99 Å². The first-order valence-electron chi connectivity index (χ1n) is 8.37. The summed E-state index contributed by atoms with van der Waals surface area (Å²) in [5.74, 6) is 1.21. The first kappa shape index (κ1) is 15.4. The molecule has 1 heterocycles. The largest absolute Gasteiger partial charge is 0.295 e. The number of nitrogens with zero attached hydrogens (tertiary/aromatic N) is 1. The van der Waals surface area contributed by atoms with Gasteiger partial charge in [0.2, 0.25) is 0 Å². The summed E-state index contributed by atoms with van der Waals surface area (Å²) in [7, 11) is 0. The highest BCUT2D eigenvalue weighted by atomic mass is 32.2. The lowest BCUT2D eigenvalue weighted by Gasteiger charge is -2.30. The number of allylic oxidation sites excluding steroid dienone is 2. The van der Waals surface area contributed by atoms with E-state index in [0.29, 0.717) is 6.42 Å². The number of ketones is 1. The Morgan fingerprint density at radius 2 is 1.83 bits per heavy atom. The van der Waals surface area contributed by atoms with Crippen molar-refractivity contribution in [3.05, 3.63) is 71.8 Å². The Balaban J connectivity index is 1.91. The molecule has 2 aromatic carbocycles. The minimum absolute atomic E-state index is 0.190. The standard InChI is InChI=1S/C21H19NOS/c1-2-12-24-20-21(17-10-6-7-11-19(17)22-20)14-16(23)13-18(21)15-8-4-3-5-9-15/h3-11,13H,2,12,14H2,1H3/t21-/m0/s1. The molecule has 120 valence electrons. The van der Waals surface area contributed by atoms with Crippen molar-refractivity contribution in [1.82, 2.24) is 0 Å². The molecule has 0 aromatic heterocycles. The van der Waals surface area contributed by atoms with E-state index in [-0.39, 0.29) is 5.78 Å². The normalized spacial score (nSPS) is 21.8. The Hall–Kier alpha value is -2.13. The predicted molar refractivity (Wildman–Crippen MR) is 102 cm³/mol. The molecule has 2 nitrogen and oxygen atoms in total. The van der Waals surface area contributed by atoms with Crippen molar-refractivity contribution in [1.29, 1.82) is 0 Å². The number of benzene rings is 2. The summed E-state index contributed by atoms with van der Waals surface area (Å²) in [6.07, 6.45) is 3.41. The van der Waals surface area contributed by atoms with Gasteiger partial charge >= 0.3 is 0 Å². The topological polar surface area (TPSA) is 29.4 Å². The molecule has 1 spiro atoms. The summed E-state index contributed by atoms with van der Waals surface area (Å²) in [4.78, 5) is 17.4. The Kier molecular flexibility index (Phi) is 3.89. The third kappa shape index (κ3) is 2.27. The fourth-order valence-corrected chi connectivity index (χ4v) is 4.78. The summed E-state index contributed by atoms with van der Waals surface area (Å²) in [6, 6.07) is 18.5. The highest BCUT2D eigenvalue weighted by Gasteiger charge is 2.51. The maximum absolute atomic E-state index is 12.5. The molecule has 2 aliphatic rings. The van der Waals surface area contributed by atoms with Crippen molar-refractivity contribution in [2.75, 3.05) is 5.75 Å². The molecule has 0 saturated heterocycles. The van der Waals surface area contributed by atoms with Crippen molar-refractivity contribution in [3.63, 3.8) is 0 Å². The molecule has 0 amide bonds. The molecule has 0 fully saturated rings. The average molecular weight is 333 g/mol. The summed E-state index contributed by atoms with van der Waals surface area (Å²) in [5.41, 5.74) is 4.00. The van der Waals surface area contributed by atoms with Crippen LogP contribution in [0.25, 0.3) is 5.57 Å². The van der Waals surface area contributed by atoms with Crippen molar-refractivity contribution in [2.24, 2.45) is 4.99 Å². The molecule has 4 rings (SSSR count). The Morgan fingerprint density at radius 3 is 2.62 bits per heavy atom. The molecule has 1 aliphatic carbocycles. The molecule has 0 unspecified atom stereocenters. The second-order valence-corrected chi connectivity index (χ2v) is 7.34. The second-order valence-electron chi connectivity index (χ2n) is 6.26. The van der Waals surface area contributed by atoms with Crippen LogP contribution in [0.1, 0.15) is 30.9 Å². The van der Waals surface area contributed by atoms with Crippen LogP contribution in [-0.4, -0.2) is 16.6 Å². The lowest BCUT2D eigenvalue weighted by molar-refractivity contribution is -0.114. The first-order chi connectivity index (χ1) is 11.8. The van der Waals surface area contributed by atoms with Crippen LogP contribution in [0.15, 0.2) is 65.7 Å². The van der Waals surface area contributed by atoms with E-state index in [9.17, 15) is 4.79 Å². The minimum Gasteiger partial charge on any atom is -0.295 e. The zero-order valence-electron chi connectivity index (χ0n) is 13.7. The summed E-state index contributed by atoms with van der Waals surface area (Å²) < 4.78 is 0. The van der Waals surface area contributed by atoms with Crippen molar-refractivity contribution < 1.29 is 4.79 Å². The zero-order chi connectivity index (χ0) is 16.6. The van der Waals surface area contributed by atoms with E-state index in [0.717, 1.165) is 34.0 Å². The van der Waals surface area contributed by atoms with Gasteiger partial charge in [-0.1, -0.05) is 55.5 Å². The molecule has 24 heavy (non-hydrogen) atoms. The second kappa shape index (κ2) is 6.06. The highest BCUT2D eigenvalue weighted by Crippen LogP contribution is 2.55. The zero-order valence-corrected chi connectivity index (χ0v) is 14.5. The number of hydrogen-bond acceptors (Lipinski definition) is 3. The van der Waals surface area contributed by atoms with E-state index < -0.39 is 5.41 Å². The SMILES string of the molecule is CCCSC1=Nc2ccccc2[C@]12CC(=O)C=C2c1ccccc1. The van der Waals surface area contributed by atoms with Gasteiger partial charge in [0.15, 0.2) is 5.78 Å². The van der Waals surface area contributed by atoms with Gasteiger partial charge in [-0.2, -0.15) is 0 Å². The van der Waals surface area contributed by atoms with E-state index in [1.54, 1.807) is 11.8 Å². The van der Waals surface area contributed by atoms with Crippen LogP contribution < -0.4 is 0 Å². The van der Waals surface area contributed by atoms with Gasteiger partial charge < -0.3 is 0 Å². The number of hydrogen-bond donors (Lipinski definition) is 0. The fraction of sp³-hybridized carbons (Fsp3) is 0.238. The molecule has 0 bridgehead atoms. The maximum atomic E-state index is 12.5. The molecule has 1 atom stereocenters. The number of thioether (sulfide) groups is 1. The fourth-order valence-electron chi connectivity index (χ4n) is 3.68. The van der Waals surface area contributed by atoms with Gasteiger partial charge in [0, 0.05) is 6.42 Å². The number of carbonyl (C=O) groups excluding carboxylic acids is 1.